The lowest BCUT2D eigenvalue weighted by Crippen LogP contribution is -2.40. The molecule has 0 unspecified atom stereocenters. The van der Waals surface area contributed by atoms with E-state index in [1.165, 1.54) is 4.31 Å². The molecule has 0 bridgehead atoms. The van der Waals surface area contributed by atoms with Gasteiger partial charge in [0.05, 0.1) is 46.1 Å². The first-order valence-electron chi connectivity index (χ1n) is 12.4. The second-order valence-corrected chi connectivity index (χ2v) is 11.0. The Labute approximate surface area is 225 Å². The van der Waals surface area contributed by atoms with Gasteiger partial charge in [0.25, 0.3) is 0 Å². The van der Waals surface area contributed by atoms with E-state index in [9.17, 15) is 13.7 Å². The number of ether oxygens (including phenoxy) is 1. The summed E-state index contributed by atoms with van der Waals surface area (Å²) in [6.07, 6.45) is 3.60. The van der Waals surface area contributed by atoms with E-state index >= 15 is 0 Å². The zero-order valence-corrected chi connectivity index (χ0v) is 21.7. The molecule has 9 nitrogen and oxygen atoms in total. The minimum Gasteiger partial charge on any atom is -0.379 e. The first-order chi connectivity index (χ1) is 19.0. The lowest BCUT2D eigenvalue weighted by molar-refractivity contribution is 0.0730. The van der Waals surface area contributed by atoms with Gasteiger partial charge >= 0.3 is 0 Å². The number of morpholine rings is 1. The van der Waals surface area contributed by atoms with Crippen molar-refractivity contribution in [3.8, 4) is 23.0 Å². The first-order valence-corrected chi connectivity index (χ1v) is 13.9. The van der Waals surface area contributed by atoms with Crippen molar-refractivity contribution < 1.29 is 13.2 Å². The summed E-state index contributed by atoms with van der Waals surface area (Å²) >= 11 is 0. The second kappa shape index (κ2) is 10.3. The van der Waals surface area contributed by atoms with Crippen molar-refractivity contribution in [3.05, 3.63) is 96.4 Å². The van der Waals surface area contributed by atoms with Gasteiger partial charge in [0.2, 0.25) is 10.0 Å². The molecule has 39 heavy (non-hydrogen) atoms. The van der Waals surface area contributed by atoms with Crippen molar-refractivity contribution in [1.29, 1.82) is 5.26 Å². The summed E-state index contributed by atoms with van der Waals surface area (Å²) in [4.78, 5) is 8.00. The lowest BCUT2D eigenvalue weighted by Gasteiger charge is -2.26. The number of rotatable bonds is 6. The molecular formula is C29H24N6O3S. The maximum absolute atomic E-state index is 13.1. The van der Waals surface area contributed by atoms with Crippen LogP contribution in [0.3, 0.4) is 0 Å². The number of sulfonamides is 1. The summed E-state index contributed by atoms with van der Waals surface area (Å²) in [6, 6.07) is 26.2. The number of H-pyrrole nitrogens is 1. The largest absolute Gasteiger partial charge is 0.379 e. The third kappa shape index (κ3) is 4.86. The summed E-state index contributed by atoms with van der Waals surface area (Å²) in [7, 11) is -3.62. The van der Waals surface area contributed by atoms with E-state index in [1.807, 2.05) is 60.8 Å². The third-order valence-corrected chi connectivity index (χ3v) is 8.48. The number of fused-ring (bicyclic) bond motifs is 1. The van der Waals surface area contributed by atoms with Crippen molar-refractivity contribution in [2.24, 2.45) is 0 Å². The van der Waals surface area contributed by atoms with Gasteiger partial charge in [0, 0.05) is 30.4 Å². The van der Waals surface area contributed by atoms with Crippen molar-refractivity contribution in [3.63, 3.8) is 0 Å². The van der Waals surface area contributed by atoms with E-state index in [0.717, 1.165) is 22.3 Å². The lowest BCUT2D eigenvalue weighted by atomic mass is 10.1. The Kier molecular flexibility index (Phi) is 6.54. The van der Waals surface area contributed by atoms with Crippen LogP contribution in [-0.4, -0.2) is 58.8 Å². The van der Waals surface area contributed by atoms with Crippen LogP contribution < -0.4 is 0 Å². The summed E-state index contributed by atoms with van der Waals surface area (Å²) < 4.78 is 34.7. The number of hydrogen-bond acceptors (Lipinski definition) is 6. The Morgan fingerprint density at radius 1 is 0.974 bits per heavy atom. The van der Waals surface area contributed by atoms with Crippen LogP contribution in [0, 0.1) is 11.3 Å². The van der Waals surface area contributed by atoms with E-state index in [0.29, 0.717) is 49.0 Å². The average molecular weight is 537 g/mol. The Balaban J connectivity index is 1.42. The predicted octanol–water partition coefficient (Wildman–Crippen LogP) is 4.50. The highest BCUT2D eigenvalue weighted by molar-refractivity contribution is 7.89. The van der Waals surface area contributed by atoms with Gasteiger partial charge in [-0.05, 0) is 42.5 Å². The van der Waals surface area contributed by atoms with Crippen LogP contribution >= 0.6 is 0 Å². The highest BCUT2D eigenvalue weighted by Gasteiger charge is 2.26. The standard InChI is InChI=1S/C29H24N6O3S/c30-19-22(29-31-26-8-4-5-9-27(26)32-29)18-23-20-35(24-6-2-1-3-7-24)33-28(23)21-10-12-25(13-11-21)39(36,37)34-14-16-38-17-15-34/h1-13,18,20H,14-17H2,(H,31,32)/b22-18+. The normalized spacial score (nSPS) is 14.9. The van der Waals surface area contributed by atoms with Crippen LogP contribution in [0.15, 0.2) is 90.0 Å². The number of nitriles is 1. The molecule has 0 amide bonds. The molecular weight excluding hydrogens is 512 g/mol. The molecule has 2 aromatic heterocycles. The quantitative estimate of drug-likeness (QED) is 0.319. The fourth-order valence-corrected chi connectivity index (χ4v) is 5.95. The van der Waals surface area contributed by atoms with Crippen LogP contribution in [0.5, 0.6) is 0 Å². The van der Waals surface area contributed by atoms with Crippen LogP contribution in [0.4, 0.5) is 0 Å². The number of hydrogen-bond donors (Lipinski definition) is 1. The van der Waals surface area contributed by atoms with Crippen LogP contribution in [0.2, 0.25) is 0 Å². The molecule has 194 valence electrons. The van der Waals surface area contributed by atoms with Gasteiger partial charge < -0.3 is 9.72 Å². The first kappa shape index (κ1) is 24.8. The van der Waals surface area contributed by atoms with Gasteiger partial charge in [-0.1, -0.05) is 42.5 Å². The van der Waals surface area contributed by atoms with E-state index < -0.39 is 10.0 Å². The smallest absolute Gasteiger partial charge is 0.243 e. The number of aromatic amines is 1. The highest BCUT2D eigenvalue weighted by Crippen LogP contribution is 2.29. The molecule has 3 heterocycles. The molecule has 0 atom stereocenters. The van der Waals surface area contributed by atoms with E-state index in [4.69, 9.17) is 9.84 Å². The molecule has 1 aliphatic heterocycles. The van der Waals surface area contributed by atoms with Crippen LogP contribution in [0.1, 0.15) is 11.4 Å². The van der Waals surface area contributed by atoms with Crippen molar-refractivity contribution in [2.75, 3.05) is 26.3 Å². The van der Waals surface area contributed by atoms with Crippen molar-refractivity contribution in [2.45, 2.75) is 4.90 Å². The van der Waals surface area contributed by atoms with Gasteiger partial charge in [-0.25, -0.2) is 18.1 Å². The summed E-state index contributed by atoms with van der Waals surface area (Å²) in [5, 5.41) is 14.8. The van der Waals surface area contributed by atoms with Crippen LogP contribution in [0.25, 0.3) is 39.6 Å². The molecule has 0 saturated carbocycles. The molecule has 0 aliphatic carbocycles. The summed E-state index contributed by atoms with van der Waals surface area (Å²) in [6.45, 7) is 1.44. The minimum atomic E-state index is -3.62. The van der Waals surface area contributed by atoms with Gasteiger partial charge in [0.15, 0.2) is 0 Å². The average Bonchev–Trinajstić information content (AvgIpc) is 3.61. The topological polar surface area (TPSA) is 117 Å². The Morgan fingerprint density at radius 2 is 1.69 bits per heavy atom. The Hall–Kier alpha value is -4.56. The molecule has 1 N–H and O–H groups in total. The number of benzene rings is 3. The molecule has 1 aliphatic rings. The fraction of sp³-hybridized carbons (Fsp3) is 0.138. The number of aromatic nitrogens is 4. The van der Waals surface area contributed by atoms with E-state index in [2.05, 4.69) is 16.0 Å². The zero-order chi connectivity index (χ0) is 26.8. The molecule has 5 aromatic rings. The number of imidazole rings is 1. The third-order valence-electron chi connectivity index (χ3n) is 6.56. The predicted molar refractivity (Wildman–Crippen MR) is 148 cm³/mol. The molecule has 6 rings (SSSR count). The maximum Gasteiger partial charge on any atom is 0.243 e. The Morgan fingerprint density at radius 3 is 2.41 bits per heavy atom. The molecule has 1 fully saturated rings. The number of para-hydroxylation sites is 3. The number of nitrogens with one attached hydrogen (secondary N) is 1. The van der Waals surface area contributed by atoms with Gasteiger partial charge in [-0.2, -0.15) is 14.7 Å². The molecule has 10 heteroatoms. The highest BCUT2D eigenvalue weighted by atomic mass is 32.2. The fourth-order valence-electron chi connectivity index (χ4n) is 4.54. The molecule has 0 spiro atoms. The molecule has 3 aromatic carbocycles. The second-order valence-electron chi connectivity index (χ2n) is 9.03. The van der Waals surface area contributed by atoms with E-state index in [1.54, 1.807) is 35.0 Å². The SMILES string of the molecule is N#C/C(=C\c1cn(-c2ccccc2)nc1-c1ccc(S(=O)(=O)N2CCOCC2)cc1)c1nc2ccccc2[nH]1. The molecule has 0 radical (unpaired) electrons. The summed E-state index contributed by atoms with van der Waals surface area (Å²) in [5.74, 6) is 0.462. The van der Waals surface area contributed by atoms with Gasteiger partial charge in [0.1, 0.15) is 11.9 Å². The van der Waals surface area contributed by atoms with Crippen LogP contribution in [-0.2, 0) is 14.8 Å². The minimum absolute atomic E-state index is 0.215. The number of allylic oxidation sites excluding steroid dienone is 1. The van der Waals surface area contributed by atoms with Crippen molar-refractivity contribution in [1.82, 2.24) is 24.1 Å². The van der Waals surface area contributed by atoms with E-state index in [-0.39, 0.29) is 4.90 Å². The zero-order valence-electron chi connectivity index (χ0n) is 20.9. The summed E-state index contributed by atoms with van der Waals surface area (Å²) in [5.41, 5.74) is 4.84. The number of nitrogens with zero attached hydrogens (tertiary/aromatic N) is 5. The monoisotopic (exact) mass is 536 g/mol. The Bertz CT molecular complexity index is 1780. The maximum atomic E-state index is 13.1. The van der Waals surface area contributed by atoms with Gasteiger partial charge in [-0.3, -0.25) is 0 Å². The van der Waals surface area contributed by atoms with Gasteiger partial charge in [-0.15, -0.1) is 0 Å². The molecule has 1 saturated heterocycles. The van der Waals surface area contributed by atoms with Crippen molar-refractivity contribution >= 4 is 32.7 Å².